The van der Waals surface area contributed by atoms with Crippen molar-refractivity contribution in [3.05, 3.63) is 53.6 Å². The van der Waals surface area contributed by atoms with Crippen LogP contribution in [0, 0.1) is 11.3 Å². The van der Waals surface area contributed by atoms with Gasteiger partial charge in [-0.1, -0.05) is 18.2 Å². The zero-order valence-corrected chi connectivity index (χ0v) is 10.4. The molecule has 2 rings (SSSR count). The predicted molar refractivity (Wildman–Crippen MR) is 69.8 cm³/mol. The van der Waals surface area contributed by atoms with Gasteiger partial charge in [-0.2, -0.15) is 5.26 Å². The topological polar surface area (TPSA) is 53.6 Å². The maximum Gasteiger partial charge on any atom is 0.109 e. The molecular weight excluding hydrogens is 224 g/mol. The van der Waals surface area contributed by atoms with Gasteiger partial charge in [-0.25, -0.2) is 4.98 Å². The number of aryl methyl sites for hydroxylation is 1. The molecule has 0 bridgehead atoms. The number of imidazole rings is 1. The minimum absolute atomic E-state index is 0.716. The molecule has 0 aliphatic carbocycles. The van der Waals surface area contributed by atoms with Crippen molar-refractivity contribution in [3.63, 3.8) is 0 Å². The van der Waals surface area contributed by atoms with E-state index in [1.807, 2.05) is 42.1 Å². The van der Waals surface area contributed by atoms with E-state index in [4.69, 9.17) is 5.26 Å². The Morgan fingerprint density at radius 1 is 1.39 bits per heavy atom. The Bertz CT molecular complexity index is 551. The molecule has 0 unspecified atom stereocenters. The summed E-state index contributed by atoms with van der Waals surface area (Å²) in [5.41, 5.74) is 1.78. The van der Waals surface area contributed by atoms with Crippen LogP contribution in [-0.2, 0) is 20.0 Å². The number of nitrogens with zero attached hydrogens (tertiary/aromatic N) is 3. The highest BCUT2D eigenvalue weighted by Crippen LogP contribution is 2.06. The number of hydrogen-bond donors (Lipinski definition) is 1. The lowest BCUT2D eigenvalue weighted by Gasteiger charge is -2.06. The van der Waals surface area contributed by atoms with Gasteiger partial charge in [0.15, 0.2) is 0 Å². The summed E-state index contributed by atoms with van der Waals surface area (Å²) in [5, 5.41) is 12.3. The van der Waals surface area contributed by atoms with E-state index in [0.717, 1.165) is 29.9 Å². The average molecular weight is 240 g/mol. The highest BCUT2D eigenvalue weighted by atomic mass is 15.0. The van der Waals surface area contributed by atoms with Crippen molar-refractivity contribution < 1.29 is 0 Å². The van der Waals surface area contributed by atoms with Gasteiger partial charge in [0.2, 0.25) is 0 Å². The highest BCUT2D eigenvalue weighted by molar-refractivity contribution is 5.37. The molecule has 4 heteroatoms. The summed E-state index contributed by atoms with van der Waals surface area (Å²) in [7, 11) is 1.99. The van der Waals surface area contributed by atoms with E-state index < -0.39 is 0 Å². The Hall–Kier alpha value is -2.12. The summed E-state index contributed by atoms with van der Waals surface area (Å²) in [6, 6.07) is 9.86. The lowest BCUT2D eigenvalue weighted by atomic mass is 10.1. The third kappa shape index (κ3) is 2.96. The molecule has 0 aliphatic rings. The molecule has 0 saturated heterocycles. The third-order valence-corrected chi connectivity index (χ3v) is 2.90. The van der Waals surface area contributed by atoms with Crippen LogP contribution in [0.15, 0.2) is 36.7 Å². The minimum atomic E-state index is 0.716. The van der Waals surface area contributed by atoms with Crippen LogP contribution in [0.5, 0.6) is 0 Å². The van der Waals surface area contributed by atoms with Gasteiger partial charge in [-0.15, -0.1) is 0 Å². The second-order valence-corrected chi connectivity index (χ2v) is 4.15. The molecule has 2 aromatic rings. The van der Waals surface area contributed by atoms with E-state index in [1.54, 1.807) is 6.20 Å². The molecule has 0 aliphatic heterocycles. The summed E-state index contributed by atoms with van der Waals surface area (Å²) >= 11 is 0. The summed E-state index contributed by atoms with van der Waals surface area (Å²) in [6.07, 6.45) is 4.64. The quantitative estimate of drug-likeness (QED) is 0.808. The SMILES string of the molecule is Cn1ccnc1CCNCc1ccccc1C#N. The first kappa shape index (κ1) is 12.3. The number of rotatable bonds is 5. The van der Waals surface area contributed by atoms with Crippen molar-refractivity contribution in [2.75, 3.05) is 6.54 Å². The third-order valence-electron chi connectivity index (χ3n) is 2.90. The fourth-order valence-corrected chi connectivity index (χ4v) is 1.84. The van der Waals surface area contributed by atoms with Crippen LogP contribution in [0.4, 0.5) is 0 Å². The molecule has 1 aromatic carbocycles. The van der Waals surface area contributed by atoms with Crippen molar-refractivity contribution >= 4 is 0 Å². The molecule has 4 nitrogen and oxygen atoms in total. The van der Waals surface area contributed by atoms with Gasteiger partial charge in [0.1, 0.15) is 5.82 Å². The first-order valence-electron chi connectivity index (χ1n) is 5.96. The van der Waals surface area contributed by atoms with Crippen LogP contribution in [0.3, 0.4) is 0 Å². The molecule has 0 radical (unpaired) electrons. The van der Waals surface area contributed by atoms with E-state index in [9.17, 15) is 0 Å². The molecule has 0 amide bonds. The van der Waals surface area contributed by atoms with Crippen molar-refractivity contribution in [3.8, 4) is 6.07 Å². The first-order chi connectivity index (χ1) is 8.81. The molecule has 0 atom stereocenters. The summed E-state index contributed by atoms with van der Waals surface area (Å²) in [6.45, 7) is 1.57. The fraction of sp³-hybridized carbons (Fsp3) is 0.286. The zero-order chi connectivity index (χ0) is 12.8. The molecule has 0 saturated carbocycles. The van der Waals surface area contributed by atoms with Crippen molar-refractivity contribution in [2.24, 2.45) is 7.05 Å². The Kier molecular flexibility index (Phi) is 4.11. The molecule has 0 spiro atoms. The maximum atomic E-state index is 8.97. The Morgan fingerprint density at radius 2 is 2.22 bits per heavy atom. The van der Waals surface area contributed by atoms with Gasteiger partial charge < -0.3 is 9.88 Å². The van der Waals surface area contributed by atoms with Crippen LogP contribution in [0.1, 0.15) is 17.0 Å². The largest absolute Gasteiger partial charge is 0.338 e. The van der Waals surface area contributed by atoms with Crippen molar-refractivity contribution in [1.29, 1.82) is 5.26 Å². The zero-order valence-electron chi connectivity index (χ0n) is 10.4. The van der Waals surface area contributed by atoms with Gasteiger partial charge in [-0.05, 0) is 11.6 Å². The molecule has 92 valence electrons. The van der Waals surface area contributed by atoms with E-state index in [-0.39, 0.29) is 0 Å². The predicted octanol–water partition coefficient (Wildman–Crippen LogP) is 1.62. The Balaban J connectivity index is 1.82. The number of nitrogens with one attached hydrogen (secondary N) is 1. The number of nitriles is 1. The van der Waals surface area contributed by atoms with Crippen molar-refractivity contribution in [1.82, 2.24) is 14.9 Å². The van der Waals surface area contributed by atoms with Crippen LogP contribution >= 0.6 is 0 Å². The van der Waals surface area contributed by atoms with E-state index in [2.05, 4.69) is 16.4 Å². The second kappa shape index (κ2) is 5.99. The minimum Gasteiger partial charge on any atom is -0.338 e. The molecule has 0 fully saturated rings. The molecular formula is C14H16N4. The highest BCUT2D eigenvalue weighted by Gasteiger charge is 2.01. The monoisotopic (exact) mass is 240 g/mol. The smallest absolute Gasteiger partial charge is 0.109 e. The van der Waals surface area contributed by atoms with Gasteiger partial charge in [0.05, 0.1) is 11.6 Å². The summed E-state index contributed by atoms with van der Waals surface area (Å²) in [5.74, 6) is 1.07. The first-order valence-corrected chi connectivity index (χ1v) is 5.96. The average Bonchev–Trinajstić information content (AvgIpc) is 2.81. The lowest BCUT2D eigenvalue weighted by molar-refractivity contribution is 0.654. The van der Waals surface area contributed by atoms with Crippen LogP contribution in [-0.4, -0.2) is 16.1 Å². The van der Waals surface area contributed by atoms with Crippen LogP contribution in [0.2, 0.25) is 0 Å². The van der Waals surface area contributed by atoms with E-state index >= 15 is 0 Å². The van der Waals surface area contributed by atoms with Crippen LogP contribution < -0.4 is 5.32 Å². The summed E-state index contributed by atoms with van der Waals surface area (Å²) < 4.78 is 2.02. The molecule has 1 heterocycles. The van der Waals surface area contributed by atoms with Crippen LogP contribution in [0.25, 0.3) is 0 Å². The fourth-order valence-electron chi connectivity index (χ4n) is 1.84. The number of benzene rings is 1. The standard InChI is InChI=1S/C14H16N4/c1-18-9-8-17-14(18)6-7-16-11-13-5-3-2-4-12(13)10-15/h2-5,8-9,16H,6-7,11H2,1H3. The van der Waals surface area contributed by atoms with Gasteiger partial charge >= 0.3 is 0 Å². The van der Waals surface area contributed by atoms with Crippen molar-refractivity contribution in [2.45, 2.75) is 13.0 Å². The normalized spacial score (nSPS) is 10.2. The van der Waals surface area contributed by atoms with E-state index in [1.165, 1.54) is 0 Å². The second-order valence-electron chi connectivity index (χ2n) is 4.15. The number of aromatic nitrogens is 2. The van der Waals surface area contributed by atoms with Gasteiger partial charge in [-0.3, -0.25) is 0 Å². The lowest BCUT2D eigenvalue weighted by Crippen LogP contribution is -2.18. The molecule has 1 N–H and O–H groups in total. The molecule has 1 aromatic heterocycles. The Morgan fingerprint density at radius 3 is 2.94 bits per heavy atom. The maximum absolute atomic E-state index is 8.97. The van der Waals surface area contributed by atoms with Gasteiger partial charge in [0, 0.05) is 39.0 Å². The summed E-state index contributed by atoms with van der Waals surface area (Å²) in [4.78, 5) is 4.26. The Labute approximate surface area is 107 Å². The molecule has 18 heavy (non-hydrogen) atoms. The number of hydrogen-bond acceptors (Lipinski definition) is 3. The van der Waals surface area contributed by atoms with Gasteiger partial charge in [0.25, 0.3) is 0 Å². The van der Waals surface area contributed by atoms with E-state index in [0.29, 0.717) is 6.54 Å².